The Hall–Kier alpha value is -0.720. The van der Waals surface area contributed by atoms with Crippen molar-refractivity contribution in [3.8, 4) is 0 Å². The highest BCUT2D eigenvalue weighted by Gasteiger charge is 2.06. The Morgan fingerprint density at radius 3 is 2.77 bits per heavy atom. The van der Waals surface area contributed by atoms with Crippen LogP contribution in [-0.2, 0) is 0 Å². The summed E-state index contributed by atoms with van der Waals surface area (Å²) in [6.45, 7) is 5.38. The molecule has 0 aromatic heterocycles. The monoisotopic (exact) mass is 179 g/mol. The van der Waals surface area contributed by atoms with Crippen molar-refractivity contribution in [2.75, 3.05) is 13.6 Å². The lowest BCUT2D eigenvalue weighted by molar-refractivity contribution is 0.423. The van der Waals surface area contributed by atoms with E-state index in [2.05, 4.69) is 37.9 Å². The Morgan fingerprint density at radius 2 is 2.23 bits per heavy atom. The maximum Gasteiger partial charge on any atom is 0.0355 e. The van der Waals surface area contributed by atoms with E-state index in [1.54, 1.807) is 0 Å². The fourth-order valence-electron chi connectivity index (χ4n) is 1.60. The Kier molecular flexibility index (Phi) is 4.07. The fraction of sp³-hybridized carbons (Fsp3) is 0.667. The van der Waals surface area contributed by atoms with Crippen LogP contribution in [0, 0.1) is 0 Å². The Bertz CT molecular complexity index is 209. The second-order valence-electron chi connectivity index (χ2n) is 4.10. The molecule has 0 amide bonds. The van der Waals surface area contributed by atoms with E-state index in [0.717, 1.165) is 6.54 Å². The minimum absolute atomic E-state index is 1.06. The molecule has 0 saturated heterocycles. The highest BCUT2D eigenvalue weighted by molar-refractivity contribution is 5.06. The maximum atomic E-state index is 2.39. The quantitative estimate of drug-likeness (QED) is 0.601. The van der Waals surface area contributed by atoms with Gasteiger partial charge in [0.1, 0.15) is 0 Å². The summed E-state index contributed by atoms with van der Waals surface area (Å²) in [4.78, 5) is 2.37. The standard InChI is InChI=1S/C12H21N/c1-11(2)9-10-13(3)12-7-5-4-6-8-12/h7,9H,4-6,8,10H2,1-3H3. The summed E-state index contributed by atoms with van der Waals surface area (Å²) >= 11 is 0. The second-order valence-corrected chi connectivity index (χ2v) is 4.10. The molecule has 0 aromatic carbocycles. The van der Waals surface area contributed by atoms with Gasteiger partial charge >= 0.3 is 0 Å². The van der Waals surface area contributed by atoms with E-state index in [0.29, 0.717) is 0 Å². The van der Waals surface area contributed by atoms with Crippen LogP contribution in [0.4, 0.5) is 0 Å². The zero-order valence-electron chi connectivity index (χ0n) is 9.14. The van der Waals surface area contributed by atoms with E-state index in [1.807, 2.05) is 0 Å². The Balaban J connectivity index is 2.42. The van der Waals surface area contributed by atoms with Crippen LogP contribution in [0.2, 0.25) is 0 Å². The summed E-state index contributed by atoms with van der Waals surface area (Å²) in [6.07, 6.45) is 9.96. The van der Waals surface area contributed by atoms with Crippen molar-refractivity contribution >= 4 is 0 Å². The van der Waals surface area contributed by atoms with Gasteiger partial charge < -0.3 is 4.90 Å². The topological polar surface area (TPSA) is 3.24 Å². The first kappa shape index (κ1) is 10.4. The van der Waals surface area contributed by atoms with E-state index in [9.17, 15) is 0 Å². The van der Waals surface area contributed by atoms with Gasteiger partial charge in [-0.15, -0.1) is 0 Å². The molecule has 1 rings (SSSR count). The molecule has 1 aliphatic carbocycles. The molecule has 0 N–H and O–H groups in total. The van der Waals surface area contributed by atoms with Crippen molar-refractivity contribution in [2.24, 2.45) is 0 Å². The first-order valence-electron chi connectivity index (χ1n) is 5.23. The largest absolute Gasteiger partial charge is 0.374 e. The SMILES string of the molecule is CC(C)=CCN(C)C1=CCCCC1. The molecule has 0 bridgehead atoms. The van der Waals surface area contributed by atoms with E-state index < -0.39 is 0 Å². The van der Waals surface area contributed by atoms with Crippen molar-refractivity contribution in [3.05, 3.63) is 23.4 Å². The third kappa shape index (κ3) is 3.67. The average molecular weight is 179 g/mol. The van der Waals surface area contributed by atoms with E-state index in [1.165, 1.54) is 37.0 Å². The van der Waals surface area contributed by atoms with Crippen LogP contribution >= 0.6 is 0 Å². The smallest absolute Gasteiger partial charge is 0.0355 e. The van der Waals surface area contributed by atoms with Crippen molar-refractivity contribution in [3.63, 3.8) is 0 Å². The van der Waals surface area contributed by atoms with Gasteiger partial charge in [0, 0.05) is 19.3 Å². The molecule has 0 unspecified atom stereocenters. The molecule has 0 heterocycles. The van der Waals surface area contributed by atoms with E-state index in [4.69, 9.17) is 0 Å². The van der Waals surface area contributed by atoms with Gasteiger partial charge in [0.25, 0.3) is 0 Å². The number of likely N-dealkylation sites (N-methyl/N-ethyl adjacent to an activating group) is 1. The summed E-state index contributed by atoms with van der Waals surface area (Å²) in [6, 6.07) is 0. The first-order chi connectivity index (χ1) is 6.20. The number of rotatable bonds is 3. The van der Waals surface area contributed by atoms with E-state index in [-0.39, 0.29) is 0 Å². The minimum Gasteiger partial charge on any atom is -0.374 e. The van der Waals surface area contributed by atoms with Crippen molar-refractivity contribution in [2.45, 2.75) is 39.5 Å². The van der Waals surface area contributed by atoms with Gasteiger partial charge in [-0.25, -0.2) is 0 Å². The predicted octanol–water partition coefficient (Wildman–Crippen LogP) is 3.34. The van der Waals surface area contributed by atoms with Crippen LogP contribution in [0.15, 0.2) is 23.4 Å². The molecular weight excluding hydrogens is 158 g/mol. The van der Waals surface area contributed by atoms with Crippen LogP contribution in [0.5, 0.6) is 0 Å². The number of hydrogen-bond acceptors (Lipinski definition) is 1. The third-order valence-corrected chi connectivity index (χ3v) is 2.53. The Labute approximate surface area is 82.1 Å². The number of allylic oxidation sites excluding steroid dienone is 3. The lowest BCUT2D eigenvalue weighted by Crippen LogP contribution is -2.19. The first-order valence-corrected chi connectivity index (χ1v) is 5.23. The third-order valence-electron chi connectivity index (χ3n) is 2.53. The van der Waals surface area contributed by atoms with Gasteiger partial charge in [0.05, 0.1) is 0 Å². The van der Waals surface area contributed by atoms with Crippen LogP contribution in [-0.4, -0.2) is 18.5 Å². The number of hydrogen-bond donors (Lipinski definition) is 0. The van der Waals surface area contributed by atoms with Gasteiger partial charge in [-0.3, -0.25) is 0 Å². The lowest BCUT2D eigenvalue weighted by Gasteiger charge is -2.24. The molecule has 0 aliphatic heterocycles. The van der Waals surface area contributed by atoms with Crippen LogP contribution in [0.3, 0.4) is 0 Å². The molecule has 0 spiro atoms. The number of nitrogens with zero attached hydrogens (tertiary/aromatic N) is 1. The molecule has 1 nitrogen and oxygen atoms in total. The maximum absolute atomic E-state index is 2.39. The fourth-order valence-corrected chi connectivity index (χ4v) is 1.60. The van der Waals surface area contributed by atoms with Gasteiger partial charge in [0.15, 0.2) is 0 Å². The van der Waals surface area contributed by atoms with Gasteiger partial charge in [-0.2, -0.15) is 0 Å². The second kappa shape index (κ2) is 5.11. The van der Waals surface area contributed by atoms with Crippen LogP contribution in [0.1, 0.15) is 39.5 Å². The zero-order chi connectivity index (χ0) is 9.68. The highest BCUT2D eigenvalue weighted by Crippen LogP contribution is 2.19. The van der Waals surface area contributed by atoms with Crippen LogP contribution in [0.25, 0.3) is 0 Å². The van der Waals surface area contributed by atoms with Gasteiger partial charge in [0.2, 0.25) is 0 Å². The molecule has 0 atom stereocenters. The molecule has 0 saturated carbocycles. The minimum atomic E-state index is 1.06. The van der Waals surface area contributed by atoms with E-state index >= 15 is 0 Å². The van der Waals surface area contributed by atoms with Gasteiger partial charge in [-0.1, -0.05) is 17.7 Å². The molecule has 13 heavy (non-hydrogen) atoms. The molecule has 0 fully saturated rings. The molecule has 0 radical (unpaired) electrons. The molecule has 74 valence electrons. The van der Waals surface area contributed by atoms with Gasteiger partial charge in [-0.05, 0) is 39.5 Å². The summed E-state index contributed by atoms with van der Waals surface area (Å²) in [7, 11) is 2.19. The highest BCUT2D eigenvalue weighted by atomic mass is 15.1. The summed E-state index contributed by atoms with van der Waals surface area (Å²) in [5.74, 6) is 0. The van der Waals surface area contributed by atoms with Crippen LogP contribution < -0.4 is 0 Å². The predicted molar refractivity (Wildman–Crippen MR) is 58.6 cm³/mol. The summed E-state index contributed by atoms with van der Waals surface area (Å²) in [5, 5.41) is 0. The van der Waals surface area contributed by atoms with Crippen molar-refractivity contribution in [1.29, 1.82) is 0 Å². The average Bonchev–Trinajstić information content (AvgIpc) is 2.15. The molecule has 1 heteroatoms. The normalized spacial score (nSPS) is 16.4. The van der Waals surface area contributed by atoms with Crippen molar-refractivity contribution in [1.82, 2.24) is 4.90 Å². The summed E-state index contributed by atoms with van der Waals surface area (Å²) in [5.41, 5.74) is 2.94. The molecule has 0 aromatic rings. The van der Waals surface area contributed by atoms with Crippen molar-refractivity contribution < 1.29 is 0 Å². The molecular formula is C12H21N. The zero-order valence-corrected chi connectivity index (χ0v) is 9.14. The molecule has 1 aliphatic rings. The Morgan fingerprint density at radius 1 is 1.46 bits per heavy atom. The lowest BCUT2D eigenvalue weighted by atomic mass is 10.0. The summed E-state index contributed by atoms with van der Waals surface area (Å²) < 4.78 is 0.